The lowest BCUT2D eigenvalue weighted by Gasteiger charge is -2.28. The average molecular weight is 351 g/mol. The first-order valence-electron chi connectivity index (χ1n) is 9.94. The average Bonchev–Trinajstić information content (AvgIpc) is 2.69. The zero-order chi connectivity index (χ0) is 18.4. The predicted molar refractivity (Wildman–Crippen MR) is 107 cm³/mol. The van der Waals surface area contributed by atoms with Gasteiger partial charge in [0.2, 0.25) is 0 Å². The summed E-state index contributed by atoms with van der Waals surface area (Å²) < 4.78 is 0. The number of nitrogens with one attached hydrogen (secondary N) is 1. The number of nitrogens with zero attached hydrogens (tertiary/aromatic N) is 2. The minimum Gasteiger partial charge on any atom is -0.384 e. The van der Waals surface area contributed by atoms with Crippen molar-refractivity contribution >= 4 is 5.84 Å². The van der Waals surface area contributed by atoms with E-state index >= 15 is 0 Å². The van der Waals surface area contributed by atoms with Crippen LogP contribution in [-0.4, -0.2) is 15.8 Å². The lowest BCUT2D eigenvalue weighted by molar-refractivity contribution is 0.302. The first kappa shape index (κ1) is 18.6. The second-order valence-electron chi connectivity index (χ2n) is 7.54. The van der Waals surface area contributed by atoms with Crippen LogP contribution in [-0.2, 0) is 0 Å². The molecule has 0 bridgehead atoms. The molecule has 3 N–H and O–H groups in total. The molecule has 0 saturated heterocycles. The van der Waals surface area contributed by atoms with E-state index in [1.807, 2.05) is 36.7 Å². The van der Waals surface area contributed by atoms with Crippen molar-refractivity contribution in [3.63, 3.8) is 0 Å². The third-order valence-electron chi connectivity index (χ3n) is 5.66. The van der Waals surface area contributed by atoms with Crippen molar-refractivity contribution in [3.8, 4) is 11.4 Å². The van der Waals surface area contributed by atoms with Crippen molar-refractivity contribution in [2.45, 2.75) is 64.2 Å². The third-order valence-corrected chi connectivity index (χ3v) is 5.66. The van der Waals surface area contributed by atoms with Crippen LogP contribution in [0.1, 0.15) is 75.3 Å². The summed E-state index contributed by atoms with van der Waals surface area (Å²) in [6, 6.07) is 7.53. The van der Waals surface area contributed by atoms with Crippen molar-refractivity contribution in [2.24, 2.45) is 11.7 Å². The Balaban J connectivity index is 1.57. The van der Waals surface area contributed by atoms with E-state index in [0.29, 0.717) is 5.92 Å². The summed E-state index contributed by atoms with van der Waals surface area (Å²) in [5.74, 6) is 2.36. The Morgan fingerprint density at radius 1 is 1.04 bits per heavy atom. The summed E-state index contributed by atoms with van der Waals surface area (Å²) in [4.78, 5) is 9.16. The molecule has 3 rings (SSSR count). The Morgan fingerprint density at radius 2 is 1.69 bits per heavy atom. The van der Waals surface area contributed by atoms with Crippen LogP contribution in [0.2, 0.25) is 0 Å². The molecule has 1 aromatic carbocycles. The molecule has 0 atom stereocenters. The van der Waals surface area contributed by atoms with Gasteiger partial charge in [0.05, 0.1) is 0 Å². The Bertz CT molecular complexity index is 698. The van der Waals surface area contributed by atoms with Gasteiger partial charge >= 0.3 is 0 Å². The second kappa shape index (κ2) is 8.93. The van der Waals surface area contributed by atoms with Gasteiger partial charge in [0, 0.05) is 23.5 Å². The molecule has 4 nitrogen and oxygen atoms in total. The fourth-order valence-corrected chi connectivity index (χ4v) is 3.96. The quantitative estimate of drug-likeness (QED) is 0.405. The van der Waals surface area contributed by atoms with Gasteiger partial charge in [0.25, 0.3) is 0 Å². The van der Waals surface area contributed by atoms with Gasteiger partial charge in [-0.05, 0) is 43.1 Å². The van der Waals surface area contributed by atoms with Crippen LogP contribution in [0, 0.1) is 11.3 Å². The van der Waals surface area contributed by atoms with Crippen LogP contribution in [0.4, 0.5) is 0 Å². The molecular formula is C22H30N4. The van der Waals surface area contributed by atoms with Crippen molar-refractivity contribution in [1.29, 1.82) is 5.41 Å². The number of hydrogen-bond donors (Lipinski definition) is 2. The standard InChI is InChI=1S/C22H30N4/c1-2-3-4-5-16-6-8-17(9-7-16)20-14-25-22(26-15-20)19-12-10-18(11-13-19)21(23)24/h10-17H,2-9H2,1H3,(H3,23,24). The molecule has 2 aromatic rings. The topological polar surface area (TPSA) is 75.7 Å². The van der Waals surface area contributed by atoms with E-state index in [9.17, 15) is 0 Å². The number of aromatic nitrogens is 2. The monoisotopic (exact) mass is 350 g/mol. The first-order valence-corrected chi connectivity index (χ1v) is 9.94. The van der Waals surface area contributed by atoms with Crippen LogP contribution in [0.5, 0.6) is 0 Å². The van der Waals surface area contributed by atoms with Crippen molar-refractivity contribution in [2.75, 3.05) is 0 Å². The summed E-state index contributed by atoms with van der Waals surface area (Å²) in [6.45, 7) is 2.28. The van der Waals surface area contributed by atoms with E-state index in [0.717, 1.165) is 22.9 Å². The Labute approximate surface area is 156 Å². The molecule has 1 aliphatic carbocycles. The zero-order valence-electron chi connectivity index (χ0n) is 15.7. The number of rotatable bonds is 7. The molecule has 1 saturated carbocycles. The Kier molecular flexibility index (Phi) is 6.37. The van der Waals surface area contributed by atoms with Crippen molar-refractivity contribution < 1.29 is 0 Å². The normalized spacial score (nSPS) is 20.0. The van der Waals surface area contributed by atoms with Crippen LogP contribution in [0.25, 0.3) is 11.4 Å². The fourth-order valence-electron chi connectivity index (χ4n) is 3.96. The highest BCUT2D eigenvalue weighted by Gasteiger charge is 2.22. The van der Waals surface area contributed by atoms with Gasteiger partial charge in [-0.1, -0.05) is 56.9 Å². The smallest absolute Gasteiger partial charge is 0.159 e. The van der Waals surface area contributed by atoms with Gasteiger partial charge in [0.1, 0.15) is 5.84 Å². The number of nitrogen functional groups attached to an aromatic ring is 1. The van der Waals surface area contributed by atoms with E-state index in [1.54, 1.807) is 0 Å². The van der Waals surface area contributed by atoms with Gasteiger partial charge in [-0.25, -0.2) is 9.97 Å². The summed E-state index contributed by atoms with van der Waals surface area (Å²) >= 11 is 0. The SMILES string of the molecule is CCCCCC1CCC(c2cnc(-c3ccc(C(=N)N)cc3)nc2)CC1. The number of hydrogen-bond acceptors (Lipinski definition) is 3. The Morgan fingerprint density at radius 3 is 2.27 bits per heavy atom. The molecule has 138 valence electrons. The second-order valence-corrected chi connectivity index (χ2v) is 7.54. The molecule has 0 aliphatic heterocycles. The maximum atomic E-state index is 7.46. The Hall–Kier alpha value is -2.23. The van der Waals surface area contributed by atoms with Crippen molar-refractivity contribution in [1.82, 2.24) is 9.97 Å². The largest absolute Gasteiger partial charge is 0.384 e. The lowest BCUT2D eigenvalue weighted by atomic mass is 9.77. The summed E-state index contributed by atoms with van der Waals surface area (Å²) in [6.07, 6.45) is 14.7. The van der Waals surface area contributed by atoms with Crippen LogP contribution < -0.4 is 5.73 Å². The van der Waals surface area contributed by atoms with Gasteiger partial charge in [-0.15, -0.1) is 0 Å². The predicted octanol–water partition coefficient (Wildman–Crippen LogP) is 5.28. The molecule has 26 heavy (non-hydrogen) atoms. The molecule has 0 spiro atoms. The molecule has 4 heteroatoms. The number of benzene rings is 1. The molecule has 0 unspecified atom stereocenters. The van der Waals surface area contributed by atoms with Gasteiger partial charge in [0.15, 0.2) is 5.82 Å². The van der Waals surface area contributed by atoms with E-state index in [-0.39, 0.29) is 5.84 Å². The maximum Gasteiger partial charge on any atom is 0.159 e. The highest BCUT2D eigenvalue weighted by molar-refractivity contribution is 5.95. The highest BCUT2D eigenvalue weighted by Crippen LogP contribution is 2.37. The molecule has 0 amide bonds. The van der Waals surface area contributed by atoms with Gasteiger partial charge in [-0.2, -0.15) is 0 Å². The number of amidine groups is 1. The summed E-state index contributed by atoms with van der Waals surface area (Å²) in [5.41, 5.74) is 8.46. The fraction of sp³-hybridized carbons (Fsp3) is 0.500. The van der Waals surface area contributed by atoms with E-state index in [4.69, 9.17) is 11.1 Å². The molecule has 1 aliphatic rings. The zero-order valence-corrected chi connectivity index (χ0v) is 15.7. The minimum absolute atomic E-state index is 0.0816. The number of nitrogens with two attached hydrogens (primary N) is 1. The number of unbranched alkanes of at least 4 members (excludes halogenated alkanes) is 2. The van der Waals surface area contributed by atoms with Crippen LogP contribution in [0.3, 0.4) is 0 Å². The van der Waals surface area contributed by atoms with Crippen LogP contribution in [0.15, 0.2) is 36.7 Å². The summed E-state index contributed by atoms with van der Waals surface area (Å²) in [5, 5.41) is 7.46. The van der Waals surface area contributed by atoms with Gasteiger partial charge in [-0.3, -0.25) is 5.41 Å². The van der Waals surface area contributed by atoms with E-state index < -0.39 is 0 Å². The maximum absolute atomic E-state index is 7.46. The van der Waals surface area contributed by atoms with E-state index in [2.05, 4.69) is 16.9 Å². The first-order chi connectivity index (χ1) is 12.7. The van der Waals surface area contributed by atoms with Gasteiger partial charge < -0.3 is 5.73 Å². The molecule has 1 aromatic heterocycles. The highest BCUT2D eigenvalue weighted by atomic mass is 14.9. The van der Waals surface area contributed by atoms with Crippen LogP contribution >= 0.6 is 0 Å². The minimum atomic E-state index is 0.0816. The molecule has 1 fully saturated rings. The molecule has 1 heterocycles. The lowest BCUT2D eigenvalue weighted by Crippen LogP contribution is -2.14. The molecule has 0 radical (unpaired) electrons. The van der Waals surface area contributed by atoms with E-state index in [1.165, 1.54) is 56.9 Å². The summed E-state index contributed by atoms with van der Waals surface area (Å²) in [7, 11) is 0. The van der Waals surface area contributed by atoms with Crippen molar-refractivity contribution in [3.05, 3.63) is 47.8 Å². The third kappa shape index (κ3) is 4.69. The molecular weight excluding hydrogens is 320 g/mol.